The van der Waals surface area contributed by atoms with Gasteiger partial charge in [-0.1, -0.05) is 6.08 Å². The summed E-state index contributed by atoms with van der Waals surface area (Å²) in [7, 11) is 4.36. The molecular formula is C10H19N. The van der Waals surface area contributed by atoms with Crippen molar-refractivity contribution in [3.63, 3.8) is 0 Å². The largest absolute Gasteiger partial charge is 0.306 e. The van der Waals surface area contributed by atoms with Gasteiger partial charge < -0.3 is 4.90 Å². The van der Waals surface area contributed by atoms with Gasteiger partial charge in [0.15, 0.2) is 0 Å². The van der Waals surface area contributed by atoms with E-state index in [9.17, 15) is 0 Å². The zero-order valence-electron chi connectivity index (χ0n) is 7.71. The molecule has 1 fully saturated rings. The standard InChI is InChI=1S/C10H19N/c1-4-9-5-7-10(8-6-9)11(2)3/h4,9-10H,1,5-8H2,2-3H3/t9-,10-. The summed E-state index contributed by atoms with van der Waals surface area (Å²) in [5, 5.41) is 0. The van der Waals surface area contributed by atoms with Crippen LogP contribution in [0.25, 0.3) is 0 Å². The smallest absolute Gasteiger partial charge is 0.00895 e. The van der Waals surface area contributed by atoms with Crippen molar-refractivity contribution in [1.82, 2.24) is 4.90 Å². The Morgan fingerprint density at radius 3 is 2.09 bits per heavy atom. The number of hydrogen-bond acceptors (Lipinski definition) is 1. The van der Waals surface area contributed by atoms with E-state index in [1.165, 1.54) is 25.7 Å². The zero-order valence-corrected chi connectivity index (χ0v) is 7.71. The lowest BCUT2D eigenvalue weighted by molar-refractivity contribution is 0.209. The third-order valence-corrected chi connectivity index (χ3v) is 2.80. The molecular weight excluding hydrogens is 134 g/mol. The van der Waals surface area contributed by atoms with Gasteiger partial charge in [-0.3, -0.25) is 0 Å². The van der Waals surface area contributed by atoms with Gasteiger partial charge in [-0.2, -0.15) is 0 Å². The second-order valence-electron chi connectivity index (χ2n) is 3.77. The van der Waals surface area contributed by atoms with E-state index in [2.05, 4.69) is 31.7 Å². The second kappa shape index (κ2) is 3.91. The molecule has 1 rings (SSSR count). The number of allylic oxidation sites excluding steroid dienone is 1. The molecule has 11 heavy (non-hydrogen) atoms. The predicted molar refractivity (Wildman–Crippen MR) is 49.6 cm³/mol. The molecule has 0 bridgehead atoms. The molecule has 0 aromatic carbocycles. The van der Waals surface area contributed by atoms with E-state index < -0.39 is 0 Å². The molecule has 1 aliphatic rings. The first-order chi connectivity index (χ1) is 5.24. The molecule has 64 valence electrons. The number of rotatable bonds is 2. The van der Waals surface area contributed by atoms with E-state index in [-0.39, 0.29) is 0 Å². The van der Waals surface area contributed by atoms with E-state index in [0.29, 0.717) is 0 Å². The number of hydrogen-bond donors (Lipinski definition) is 0. The highest BCUT2D eigenvalue weighted by atomic mass is 15.1. The van der Waals surface area contributed by atoms with Crippen molar-refractivity contribution in [2.24, 2.45) is 5.92 Å². The normalized spacial score (nSPS) is 32.3. The highest BCUT2D eigenvalue weighted by Crippen LogP contribution is 2.26. The first kappa shape index (κ1) is 8.79. The lowest BCUT2D eigenvalue weighted by atomic mass is 9.86. The van der Waals surface area contributed by atoms with Crippen LogP contribution in [-0.4, -0.2) is 25.0 Å². The quantitative estimate of drug-likeness (QED) is 0.550. The van der Waals surface area contributed by atoms with Crippen molar-refractivity contribution in [3.05, 3.63) is 12.7 Å². The van der Waals surface area contributed by atoms with Crippen LogP contribution in [0.4, 0.5) is 0 Å². The molecule has 1 nitrogen and oxygen atoms in total. The highest BCUT2D eigenvalue weighted by Gasteiger charge is 2.19. The Labute approximate surface area is 70.1 Å². The first-order valence-corrected chi connectivity index (χ1v) is 4.53. The van der Waals surface area contributed by atoms with Gasteiger partial charge in [0.25, 0.3) is 0 Å². The molecule has 0 amide bonds. The van der Waals surface area contributed by atoms with Crippen molar-refractivity contribution in [2.75, 3.05) is 14.1 Å². The van der Waals surface area contributed by atoms with Crippen LogP contribution in [-0.2, 0) is 0 Å². The summed E-state index contributed by atoms with van der Waals surface area (Å²) < 4.78 is 0. The van der Waals surface area contributed by atoms with Crippen molar-refractivity contribution in [1.29, 1.82) is 0 Å². The molecule has 1 aliphatic carbocycles. The maximum Gasteiger partial charge on any atom is 0.00895 e. The van der Waals surface area contributed by atoms with Crippen LogP contribution in [0.1, 0.15) is 25.7 Å². The van der Waals surface area contributed by atoms with Gasteiger partial charge in [-0.05, 0) is 45.7 Å². The molecule has 0 radical (unpaired) electrons. The summed E-state index contributed by atoms with van der Waals surface area (Å²) in [6.07, 6.45) is 7.50. The molecule has 0 saturated heterocycles. The van der Waals surface area contributed by atoms with Crippen LogP contribution < -0.4 is 0 Å². The fraction of sp³-hybridized carbons (Fsp3) is 0.800. The Morgan fingerprint density at radius 2 is 1.73 bits per heavy atom. The Bertz CT molecular complexity index is 121. The first-order valence-electron chi connectivity index (χ1n) is 4.53. The maximum absolute atomic E-state index is 3.84. The van der Waals surface area contributed by atoms with Gasteiger partial charge in [0, 0.05) is 6.04 Å². The van der Waals surface area contributed by atoms with Crippen LogP contribution in [0.15, 0.2) is 12.7 Å². The van der Waals surface area contributed by atoms with Crippen LogP contribution >= 0.6 is 0 Å². The molecule has 0 unspecified atom stereocenters. The van der Waals surface area contributed by atoms with Gasteiger partial charge in [0.05, 0.1) is 0 Å². The second-order valence-corrected chi connectivity index (χ2v) is 3.77. The predicted octanol–water partition coefficient (Wildman–Crippen LogP) is 2.29. The third-order valence-electron chi connectivity index (χ3n) is 2.80. The van der Waals surface area contributed by atoms with Gasteiger partial charge in [0.1, 0.15) is 0 Å². The van der Waals surface area contributed by atoms with E-state index in [1.54, 1.807) is 0 Å². The van der Waals surface area contributed by atoms with E-state index >= 15 is 0 Å². The monoisotopic (exact) mass is 153 g/mol. The maximum atomic E-state index is 3.84. The zero-order chi connectivity index (χ0) is 8.27. The molecule has 0 aromatic heterocycles. The molecule has 0 aromatic rings. The number of nitrogens with zero attached hydrogens (tertiary/aromatic N) is 1. The van der Waals surface area contributed by atoms with Crippen LogP contribution in [0, 0.1) is 5.92 Å². The van der Waals surface area contributed by atoms with Crippen LogP contribution in [0.5, 0.6) is 0 Å². The van der Waals surface area contributed by atoms with E-state index in [0.717, 1.165) is 12.0 Å². The minimum Gasteiger partial charge on any atom is -0.306 e. The molecule has 0 atom stereocenters. The summed E-state index contributed by atoms with van der Waals surface area (Å²) in [5.41, 5.74) is 0. The molecule has 1 saturated carbocycles. The third kappa shape index (κ3) is 2.33. The van der Waals surface area contributed by atoms with Crippen LogP contribution in [0.3, 0.4) is 0 Å². The Kier molecular flexibility index (Phi) is 3.13. The van der Waals surface area contributed by atoms with Gasteiger partial charge >= 0.3 is 0 Å². The summed E-state index contributed by atoms with van der Waals surface area (Å²) in [6, 6.07) is 0.825. The van der Waals surface area contributed by atoms with Gasteiger partial charge in [-0.25, -0.2) is 0 Å². The lowest BCUT2D eigenvalue weighted by Crippen LogP contribution is -2.31. The fourth-order valence-electron chi connectivity index (χ4n) is 1.85. The summed E-state index contributed by atoms with van der Waals surface area (Å²) in [6.45, 7) is 3.84. The minimum absolute atomic E-state index is 0.797. The Balaban J connectivity index is 2.29. The summed E-state index contributed by atoms with van der Waals surface area (Å²) >= 11 is 0. The van der Waals surface area contributed by atoms with Crippen molar-refractivity contribution in [2.45, 2.75) is 31.7 Å². The highest BCUT2D eigenvalue weighted by molar-refractivity contribution is 4.86. The topological polar surface area (TPSA) is 3.24 Å². The van der Waals surface area contributed by atoms with Gasteiger partial charge in [0.2, 0.25) is 0 Å². The molecule has 1 heteroatoms. The van der Waals surface area contributed by atoms with E-state index in [4.69, 9.17) is 0 Å². The Hall–Kier alpha value is -0.300. The van der Waals surface area contributed by atoms with Crippen LogP contribution in [0.2, 0.25) is 0 Å². The SMILES string of the molecule is C=C[C@H]1CC[C@H](N(C)C)CC1. The van der Waals surface area contributed by atoms with Gasteiger partial charge in [-0.15, -0.1) is 6.58 Å². The summed E-state index contributed by atoms with van der Waals surface area (Å²) in [4.78, 5) is 2.35. The molecule has 0 heterocycles. The fourth-order valence-corrected chi connectivity index (χ4v) is 1.85. The molecule has 0 N–H and O–H groups in total. The molecule has 0 aliphatic heterocycles. The lowest BCUT2D eigenvalue weighted by Gasteiger charge is -2.31. The van der Waals surface area contributed by atoms with Crippen molar-refractivity contribution >= 4 is 0 Å². The van der Waals surface area contributed by atoms with E-state index in [1.807, 2.05) is 0 Å². The summed E-state index contributed by atoms with van der Waals surface area (Å²) in [5.74, 6) is 0.797. The van der Waals surface area contributed by atoms with Crippen molar-refractivity contribution < 1.29 is 0 Å². The van der Waals surface area contributed by atoms with Crippen molar-refractivity contribution in [3.8, 4) is 0 Å². The average Bonchev–Trinajstić information content (AvgIpc) is 2.05. The average molecular weight is 153 g/mol. The molecule has 0 spiro atoms. The minimum atomic E-state index is 0.797. The Morgan fingerprint density at radius 1 is 1.18 bits per heavy atom.